The predicted molar refractivity (Wildman–Crippen MR) is 71.6 cm³/mol. The molecule has 0 saturated carbocycles. The van der Waals surface area contributed by atoms with Crippen LogP contribution in [0.3, 0.4) is 0 Å². The third-order valence-electron chi connectivity index (χ3n) is 3.71. The summed E-state index contributed by atoms with van der Waals surface area (Å²) >= 11 is 0. The summed E-state index contributed by atoms with van der Waals surface area (Å²) in [6, 6.07) is 2.12. The van der Waals surface area contributed by atoms with Crippen molar-refractivity contribution in [1.82, 2.24) is 4.57 Å². The maximum atomic E-state index is 12.2. The average Bonchev–Trinajstić information content (AvgIpc) is 2.40. The van der Waals surface area contributed by atoms with E-state index in [1.807, 2.05) is 6.20 Å². The maximum absolute atomic E-state index is 12.2. The molecule has 3 heteroatoms. The fraction of sp³-hybridized carbons (Fsp3) is 0.600. The second kappa shape index (κ2) is 5.86. The number of pyridine rings is 1. The second-order valence-electron chi connectivity index (χ2n) is 5.03. The topological polar surface area (TPSA) is 45.8 Å². The Bertz CT molecular complexity index is 523. The van der Waals surface area contributed by atoms with Crippen LogP contribution in [0.25, 0.3) is 0 Å². The van der Waals surface area contributed by atoms with Gasteiger partial charge in [-0.1, -0.05) is 19.8 Å². The Hall–Kier alpha value is -1.56. The Morgan fingerprint density at radius 1 is 1.33 bits per heavy atom. The SMILES string of the molecule is CCCCCn1cc2c(c(C#N)c1=O)CCCC2. The van der Waals surface area contributed by atoms with E-state index in [-0.39, 0.29) is 5.56 Å². The molecular weight excluding hydrogens is 224 g/mol. The van der Waals surface area contributed by atoms with E-state index >= 15 is 0 Å². The van der Waals surface area contributed by atoms with Crippen LogP contribution < -0.4 is 5.56 Å². The van der Waals surface area contributed by atoms with Crippen LogP contribution in [0.5, 0.6) is 0 Å². The van der Waals surface area contributed by atoms with Gasteiger partial charge in [-0.05, 0) is 43.2 Å². The van der Waals surface area contributed by atoms with Crippen LogP contribution in [0, 0.1) is 11.3 Å². The van der Waals surface area contributed by atoms with Gasteiger partial charge < -0.3 is 4.57 Å². The maximum Gasteiger partial charge on any atom is 0.268 e. The van der Waals surface area contributed by atoms with Gasteiger partial charge in [0.1, 0.15) is 11.6 Å². The third-order valence-corrected chi connectivity index (χ3v) is 3.71. The molecule has 0 radical (unpaired) electrons. The summed E-state index contributed by atoms with van der Waals surface area (Å²) in [6.45, 7) is 2.89. The average molecular weight is 244 g/mol. The largest absolute Gasteiger partial charge is 0.314 e. The number of fused-ring (bicyclic) bond motifs is 1. The molecule has 0 aromatic carbocycles. The fourth-order valence-corrected chi connectivity index (χ4v) is 2.69. The fourth-order valence-electron chi connectivity index (χ4n) is 2.69. The molecule has 1 aromatic rings. The number of hydrogen-bond acceptors (Lipinski definition) is 2. The number of nitrogens with zero attached hydrogens (tertiary/aromatic N) is 2. The van der Waals surface area contributed by atoms with Gasteiger partial charge in [0.15, 0.2) is 0 Å². The summed E-state index contributed by atoms with van der Waals surface area (Å²) in [6.07, 6.45) is 9.46. The highest BCUT2D eigenvalue weighted by atomic mass is 16.1. The highest BCUT2D eigenvalue weighted by molar-refractivity contribution is 5.41. The molecule has 0 aliphatic heterocycles. The number of rotatable bonds is 4. The van der Waals surface area contributed by atoms with E-state index in [2.05, 4.69) is 13.0 Å². The molecular formula is C15H20N2O. The molecule has 1 aliphatic carbocycles. The Morgan fingerprint density at radius 2 is 2.11 bits per heavy atom. The minimum absolute atomic E-state index is 0.0887. The molecule has 0 fully saturated rings. The molecule has 18 heavy (non-hydrogen) atoms. The lowest BCUT2D eigenvalue weighted by Gasteiger charge is -2.18. The number of nitriles is 1. The van der Waals surface area contributed by atoms with Crippen molar-refractivity contribution >= 4 is 0 Å². The number of aromatic nitrogens is 1. The van der Waals surface area contributed by atoms with Crippen molar-refractivity contribution in [3.8, 4) is 6.07 Å². The van der Waals surface area contributed by atoms with Gasteiger partial charge in [-0.2, -0.15) is 5.26 Å². The second-order valence-corrected chi connectivity index (χ2v) is 5.03. The summed E-state index contributed by atoms with van der Waals surface area (Å²) in [4.78, 5) is 12.2. The van der Waals surface area contributed by atoms with Crippen molar-refractivity contribution in [3.63, 3.8) is 0 Å². The van der Waals surface area contributed by atoms with Crippen molar-refractivity contribution < 1.29 is 0 Å². The minimum atomic E-state index is -0.0887. The molecule has 0 N–H and O–H groups in total. The van der Waals surface area contributed by atoms with Crippen LogP contribution in [-0.4, -0.2) is 4.57 Å². The van der Waals surface area contributed by atoms with Crippen molar-refractivity contribution in [2.24, 2.45) is 0 Å². The Balaban J connectivity index is 2.37. The zero-order valence-corrected chi connectivity index (χ0v) is 11.0. The first-order chi connectivity index (χ1) is 8.77. The van der Waals surface area contributed by atoms with Crippen LogP contribution in [0.15, 0.2) is 11.0 Å². The van der Waals surface area contributed by atoms with Crippen molar-refractivity contribution in [3.05, 3.63) is 33.2 Å². The third kappa shape index (κ3) is 2.48. The monoisotopic (exact) mass is 244 g/mol. The van der Waals surface area contributed by atoms with Crippen LogP contribution in [0.1, 0.15) is 55.7 Å². The van der Waals surface area contributed by atoms with Crippen LogP contribution in [0.2, 0.25) is 0 Å². The van der Waals surface area contributed by atoms with E-state index in [0.29, 0.717) is 5.56 Å². The van der Waals surface area contributed by atoms with E-state index in [0.717, 1.165) is 50.6 Å². The van der Waals surface area contributed by atoms with Gasteiger partial charge in [-0.25, -0.2) is 0 Å². The van der Waals surface area contributed by atoms with Gasteiger partial charge in [0, 0.05) is 12.7 Å². The molecule has 0 saturated heterocycles. The van der Waals surface area contributed by atoms with Gasteiger partial charge in [0.05, 0.1) is 0 Å². The van der Waals surface area contributed by atoms with E-state index in [1.165, 1.54) is 12.0 Å². The predicted octanol–water partition coefficient (Wildman–Crippen LogP) is 2.79. The van der Waals surface area contributed by atoms with Gasteiger partial charge in [0.2, 0.25) is 0 Å². The zero-order valence-electron chi connectivity index (χ0n) is 11.0. The van der Waals surface area contributed by atoms with E-state index < -0.39 is 0 Å². The molecule has 0 unspecified atom stereocenters. The van der Waals surface area contributed by atoms with Crippen LogP contribution in [0.4, 0.5) is 0 Å². The molecule has 0 bridgehead atoms. The first kappa shape index (κ1) is 12.9. The molecule has 0 spiro atoms. The molecule has 96 valence electrons. The van der Waals surface area contributed by atoms with Crippen LogP contribution >= 0.6 is 0 Å². The van der Waals surface area contributed by atoms with Gasteiger partial charge >= 0.3 is 0 Å². The normalized spacial score (nSPS) is 14.0. The lowest BCUT2D eigenvalue weighted by Crippen LogP contribution is -2.26. The summed E-state index contributed by atoms with van der Waals surface area (Å²) in [5, 5.41) is 9.21. The number of aryl methyl sites for hydroxylation is 2. The lowest BCUT2D eigenvalue weighted by atomic mass is 9.90. The van der Waals surface area contributed by atoms with Crippen molar-refractivity contribution in [1.29, 1.82) is 5.26 Å². The van der Waals surface area contributed by atoms with Crippen LogP contribution in [-0.2, 0) is 19.4 Å². The summed E-state index contributed by atoms with van der Waals surface area (Å²) < 4.78 is 1.75. The van der Waals surface area contributed by atoms with Crippen molar-refractivity contribution in [2.75, 3.05) is 0 Å². The highest BCUT2D eigenvalue weighted by Crippen LogP contribution is 2.22. The molecule has 1 aliphatic rings. The first-order valence-corrected chi connectivity index (χ1v) is 6.93. The molecule has 1 aromatic heterocycles. The number of unbranched alkanes of at least 4 members (excludes halogenated alkanes) is 2. The Labute approximate surface area is 108 Å². The zero-order chi connectivity index (χ0) is 13.0. The quantitative estimate of drug-likeness (QED) is 0.764. The molecule has 2 rings (SSSR count). The molecule has 1 heterocycles. The number of hydrogen-bond donors (Lipinski definition) is 0. The smallest absolute Gasteiger partial charge is 0.268 e. The molecule has 0 amide bonds. The standard InChI is InChI=1S/C15H20N2O/c1-2-3-6-9-17-11-12-7-4-5-8-13(12)14(10-16)15(17)18/h11H,2-9H2,1H3. The van der Waals surface area contributed by atoms with Crippen molar-refractivity contribution in [2.45, 2.75) is 58.4 Å². The van der Waals surface area contributed by atoms with Gasteiger partial charge in [-0.15, -0.1) is 0 Å². The highest BCUT2D eigenvalue weighted by Gasteiger charge is 2.17. The Morgan fingerprint density at radius 3 is 2.83 bits per heavy atom. The van der Waals surface area contributed by atoms with Gasteiger partial charge in [-0.3, -0.25) is 4.79 Å². The van der Waals surface area contributed by atoms with E-state index in [4.69, 9.17) is 0 Å². The van der Waals surface area contributed by atoms with E-state index in [9.17, 15) is 10.1 Å². The first-order valence-electron chi connectivity index (χ1n) is 6.93. The molecule has 3 nitrogen and oxygen atoms in total. The Kier molecular flexibility index (Phi) is 4.19. The summed E-state index contributed by atoms with van der Waals surface area (Å²) in [7, 11) is 0. The molecule has 0 atom stereocenters. The van der Waals surface area contributed by atoms with E-state index in [1.54, 1.807) is 4.57 Å². The summed E-state index contributed by atoms with van der Waals surface area (Å²) in [5.41, 5.74) is 2.53. The minimum Gasteiger partial charge on any atom is -0.314 e. The summed E-state index contributed by atoms with van der Waals surface area (Å²) in [5.74, 6) is 0. The lowest BCUT2D eigenvalue weighted by molar-refractivity contribution is 0.574. The van der Waals surface area contributed by atoms with Gasteiger partial charge in [0.25, 0.3) is 5.56 Å².